The van der Waals surface area contributed by atoms with Gasteiger partial charge in [0, 0.05) is 35.1 Å². The van der Waals surface area contributed by atoms with Crippen molar-refractivity contribution in [1.29, 1.82) is 0 Å². The highest BCUT2D eigenvalue weighted by atomic mass is 35.5. The van der Waals surface area contributed by atoms with Crippen molar-refractivity contribution >= 4 is 17.5 Å². The number of hydrogen-bond donors (Lipinski definition) is 2. The fourth-order valence-corrected chi connectivity index (χ4v) is 3.59. The minimum atomic E-state index is -5.09. The lowest BCUT2D eigenvalue weighted by Crippen LogP contribution is -2.49. The monoisotopic (exact) mass is 528 g/mol. The molecule has 0 spiro atoms. The van der Waals surface area contributed by atoms with E-state index in [4.69, 9.17) is 11.6 Å². The fourth-order valence-electron chi connectivity index (χ4n) is 3.39. The highest BCUT2D eigenvalue weighted by Crippen LogP contribution is 2.33. The SMILES string of the molecule is C=C(N[C@H](C)c1ncc(-c2cc(Cl)cc(F)c2-n2cc(C)cn2)cc1F)N(CC)NC(=O)C(F)(F)F. The van der Waals surface area contributed by atoms with Crippen molar-refractivity contribution in [3.05, 3.63) is 77.1 Å². The van der Waals surface area contributed by atoms with Crippen LogP contribution in [0.1, 0.15) is 31.1 Å². The van der Waals surface area contributed by atoms with Crippen LogP contribution < -0.4 is 10.7 Å². The second-order valence-electron chi connectivity index (χ2n) is 7.83. The van der Waals surface area contributed by atoms with Crippen LogP contribution in [0.2, 0.25) is 5.02 Å². The molecule has 3 aromatic rings. The maximum absolute atomic E-state index is 15.1. The summed E-state index contributed by atoms with van der Waals surface area (Å²) in [6.45, 7) is 8.33. The Kier molecular flexibility index (Phi) is 7.87. The first-order chi connectivity index (χ1) is 16.8. The number of pyridine rings is 1. The van der Waals surface area contributed by atoms with Gasteiger partial charge < -0.3 is 5.32 Å². The molecule has 2 N–H and O–H groups in total. The summed E-state index contributed by atoms with van der Waals surface area (Å²) in [7, 11) is 0. The summed E-state index contributed by atoms with van der Waals surface area (Å²) < 4.78 is 69.0. The summed E-state index contributed by atoms with van der Waals surface area (Å²) in [5, 5.41) is 7.76. The van der Waals surface area contributed by atoms with Gasteiger partial charge in [-0.1, -0.05) is 18.2 Å². The van der Waals surface area contributed by atoms with Crippen LogP contribution in [-0.2, 0) is 4.79 Å². The van der Waals surface area contributed by atoms with Gasteiger partial charge in [0.15, 0.2) is 5.82 Å². The van der Waals surface area contributed by atoms with Gasteiger partial charge in [-0.05, 0) is 44.5 Å². The van der Waals surface area contributed by atoms with Crippen LogP contribution in [0.3, 0.4) is 0 Å². The van der Waals surface area contributed by atoms with Crippen molar-refractivity contribution < 1.29 is 26.7 Å². The Bertz CT molecular complexity index is 1290. The summed E-state index contributed by atoms with van der Waals surface area (Å²) in [5.41, 5.74) is 2.90. The van der Waals surface area contributed by atoms with E-state index in [1.165, 1.54) is 37.0 Å². The molecule has 2 heterocycles. The summed E-state index contributed by atoms with van der Waals surface area (Å²) in [6.07, 6.45) is -0.636. The molecule has 0 radical (unpaired) electrons. The number of hydrogen-bond acceptors (Lipinski definition) is 5. The summed E-state index contributed by atoms with van der Waals surface area (Å²) in [5.74, 6) is -3.73. The van der Waals surface area contributed by atoms with Crippen LogP contribution in [0.4, 0.5) is 22.0 Å². The Balaban J connectivity index is 1.87. The molecule has 36 heavy (non-hydrogen) atoms. The molecule has 7 nitrogen and oxygen atoms in total. The normalized spacial score (nSPS) is 12.2. The molecule has 2 aromatic heterocycles. The standard InChI is InChI=1S/C23H22ClF5N6O/c1-5-34(33-22(36)23(27,28)29)14(4)32-13(3)20-18(25)6-15(10-30-20)17-7-16(24)8-19(26)21(17)35-11-12(2)9-31-35/h6-11,13,32H,4-5H2,1-3H3,(H,33,36)/t13-/m1/s1. The lowest BCUT2D eigenvalue weighted by Gasteiger charge is -2.28. The van der Waals surface area contributed by atoms with Crippen molar-refractivity contribution in [1.82, 2.24) is 30.5 Å². The quantitative estimate of drug-likeness (QED) is 0.310. The Morgan fingerprint density at radius 1 is 1.22 bits per heavy atom. The molecule has 0 saturated heterocycles. The van der Waals surface area contributed by atoms with E-state index in [1.54, 1.807) is 18.5 Å². The van der Waals surface area contributed by atoms with Crippen LogP contribution in [0.15, 0.2) is 49.2 Å². The number of hydrazine groups is 1. The number of nitrogens with one attached hydrogen (secondary N) is 2. The predicted molar refractivity (Wildman–Crippen MR) is 124 cm³/mol. The minimum Gasteiger partial charge on any atom is -0.363 e. The van der Waals surface area contributed by atoms with Gasteiger partial charge in [0.25, 0.3) is 0 Å². The van der Waals surface area contributed by atoms with E-state index in [0.717, 1.165) is 22.7 Å². The van der Waals surface area contributed by atoms with E-state index in [-0.39, 0.29) is 39.9 Å². The zero-order valence-electron chi connectivity index (χ0n) is 19.4. The van der Waals surface area contributed by atoms with Crippen molar-refractivity contribution in [2.45, 2.75) is 33.0 Å². The Morgan fingerprint density at radius 3 is 2.47 bits per heavy atom. The lowest BCUT2D eigenvalue weighted by molar-refractivity contribution is -0.178. The van der Waals surface area contributed by atoms with E-state index in [2.05, 4.69) is 22.0 Å². The van der Waals surface area contributed by atoms with E-state index in [9.17, 15) is 22.4 Å². The first kappa shape index (κ1) is 26.9. The third kappa shape index (κ3) is 5.93. The van der Waals surface area contributed by atoms with Crippen LogP contribution in [0.25, 0.3) is 16.8 Å². The van der Waals surface area contributed by atoms with Gasteiger partial charge in [-0.2, -0.15) is 18.3 Å². The average molecular weight is 529 g/mol. The van der Waals surface area contributed by atoms with Crippen molar-refractivity contribution in [2.24, 2.45) is 0 Å². The molecule has 0 aliphatic rings. The number of rotatable bonds is 8. The molecule has 0 fully saturated rings. The molecule has 192 valence electrons. The molecule has 0 aliphatic carbocycles. The van der Waals surface area contributed by atoms with Gasteiger partial charge in [0.05, 0.1) is 17.9 Å². The van der Waals surface area contributed by atoms with Crippen molar-refractivity contribution in [3.63, 3.8) is 0 Å². The number of amides is 1. The smallest absolute Gasteiger partial charge is 0.363 e. The van der Waals surface area contributed by atoms with Crippen LogP contribution in [-0.4, -0.2) is 38.4 Å². The third-order valence-corrected chi connectivity index (χ3v) is 5.30. The van der Waals surface area contributed by atoms with Gasteiger partial charge in [-0.15, -0.1) is 0 Å². The van der Waals surface area contributed by atoms with Gasteiger partial charge in [0.2, 0.25) is 0 Å². The molecule has 1 aromatic carbocycles. The van der Waals surface area contributed by atoms with E-state index in [1.807, 2.05) is 0 Å². The van der Waals surface area contributed by atoms with E-state index < -0.39 is 29.8 Å². The number of nitrogens with zero attached hydrogens (tertiary/aromatic N) is 4. The molecule has 13 heteroatoms. The molecule has 3 rings (SSSR count). The van der Waals surface area contributed by atoms with Crippen LogP contribution in [0.5, 0.6) is 0 Å². The maximum atomic E-state index is 15.1. The second kappa shape index (κ2) is 10.5. The first-order valence-electron chi connectivity index (χ1n) is 10.6. The molecular weight excluding hydrogens is 507 g/mol. The number of halogens is 6. The summed E-state index contributed by atoms with van der Waals surface area (Å²) in [4.78, 5) is 15.4. The highest BCUT2D eigenvalue weighted by Gasteiger charge is 2.39. The molecule has 0 aliphatic heterocycles. The number of alkyl halides is 3. The molecule has 0 bridgehead atoms. The average Bonchev–Trinajstić information content (AvgIpc) is 3.21. The summed E-state index contributed by atoms with van der Waals surface area (Å²) in [6, 6.07) is 2.85. The van der Waals surface area contributed by atoms with Crippen LogP contribution >= 0.6 is 11.6 Å². The van der Waals surface area contributed by atoms with Crippen LogP contribution in [0, 0.1) is 18.6 Å². The Labute approximate surface area is 208 Å². The van der Waals surface area contributed by atoms with Gasteiger partial charge in [-0.3, -0.25) is 20.2 Å². The second-order valence-corrected chi connectivity index (χ2v) is 8.27. The number of aryl methyl sites for hydroxylation is 1. The van der Waals surface area contributed by atoms with Crippen molar-refractivity contribution in [3.8, 4) is 16.8 Å². The maximum Gasteiger partial charge on any atom is 0.472 e. The third-order valence-electron chi connectivity index (χ3n) is 5.08. The Morgan fingerprint density at radius 2 is 1.92 bits per heavy atom. The molecule has 0 saturated carbocycles. The zero-order chi connectivity index (χ0) is 26.8. The molecule has 1 amide bonds. The van der Waals surface area contributed by atoms with Gasteiger partial charge >= 0.3 is 12.1 Å². The Hall–Kier alpha value is -3.67. The molecular formula is C23H22ClF5N6O. The first-order valence-corrected chi connectivity index (χ1v) is 11.0. The minimum absolute atomic E-state index is 0.0504. The molecule has 1 atom stereocenters. The van der Waals surface area contributed by atoms with E-state index in [0.29, 0.717) is 0 Å². The van der Waals surface area contributed by atoms with Gasteiger partial charge in [0.1, 0.15) is 17.3 Å². The number of benzene rings is 1. The van der Waals surface area contributed by atoms with Crippen molar-refractivity contribution in [2.75, 3.05) is 6.54 Å². The largest absolute Gasteiger partial charge is 0.472 e. The fraction of sp³-hybridized carbons (Fsp3) is 0.261. The zero-order valence-corrected chi connectivity index (χ0v) is 20.2. The van der Waals surface area contributed by atoms with Gasteiger partial charge in [-0.25, -0.2) is 13.5 Å². The number of carbonyl (C=O) groups excluding carboxylic acids is 1. The number of carbonyl (C=O) groups is 1. The lowest BCUT2D eigenvalue weighted by atomic mass is 10.0. The molecule has 0 unspecified atom stereocenters. The predicted octanol–water partition coefficient (Wildman–Crippen LogP) is 5.21. The van der Waals surface area contributed by atoms with E-state index >= 15 is 4.39 Å². The number of aromatic nitrogens is 3. The topological polar surface area (TPSA) is 75.1 Å². The highest BCUT2D eigenvalue weighted by molar-refractivity contribution is 6.31. The summed E-state index contributed by atoms with van der Waals surface area (Å²) >= 11 is 6.04.